The van der Waals surface area contributed by atoms with Crippen LogP contribution in [0.1, 0.15) is 61.0 Å². The molecule has 0 aliphatic heterocycles. The second kappa shape index (κ2) is 2.97. The molecule has 2 aliphatic rings. The van der Waals surface area contributed by atoms with E-state index in [1.165, 1.54) is 36.8 Å². The van der Waals surface area contributed by atoms with Crippen LogP contribution in [-0.4, -0.2) is 6.29 Å². The summed E-state index contributed by atoms with van der Waals surface area (Å²) in [6.45, 7) is 4.54. The lowest BCUT2D eigenvalue weighted by Crippen LogP contribution is -2.08. The molecule has 2 fully saturated rings. The monoisotopic (exact) mass is 214 g/mol. The van der Waals surface area contributed by atoms with Gasteiger partial charge in [-0.15, -0.1) is 0 Å². The van der Waals surface area contributed by atoms with Gasteiger partial charge in [-0.3, -0.25) is 4.79 Å². The molecule has 0 atom stereocenters. The van der Waals surface area contributed by atoms with Gasteiger partial charge in [-0.05, 0) is 53.7 Å². The van der Waals surface area contributed by atoms with Crippen LogP contribution in [0.4, 0.5) is 0 Å². The van der Waals surface area contributed by atoms with Crippen molar-refractivity contribution in [3.8, 4) is 0 Å². The van der Waals surface area contributed by atoms with Crippen molar-refractivity contribution in [2.75, 3.05) is 0 Å². The highest BCUT2D eigenvalue weighted by molar-refractivity contribution is 5.79. The third-order valence-electron chi connectivity index (χ3n) is 4.53. The van der Waals surface area contributed by atoms with E-state index in [2.05, 4.69) is 32.0 Å². The average molecular weight is 214 g/mol. The minimum absolute atomic E-state index is 0.291. The van der Waals surface area contributed by atoms with E-state index in [0.29, 0.717) is 10.8 Å². The molecule has 16 heavy (non-hydrogen) atoms. The maximum Gasteiger partial charge on any atom is 0.150 e. The number of hydrogen-bond donors (Lipinski definition) is 0. The van der Waals surface area contributed by atoms with Crippen molar-refractivity contribution in [2.24, 2.45) is 0 Å². The molecule has 0 aromatic heterocycles. The summed E-state index contributed by atoms with van der Waals surface area (Å²) in [4.78, 5) is 11.2. The predicted octanol–water partition coefficient (Wildman–Crippen LogP) is 3.60. The summed E-state index contributed by atoms with van der Waals surface area (Å²) in [6.07, 6.45) is 6.02. The van der Waals surface area contributed by atoms with Crippen molar-refractivity contribution in [2.45, 2.75) is 50.4 Å². The molecule has 3 rings (SSSR count). The molecule has 1 heteroatoms. The number of rotatable bonds is 3. The fraction of sp³-hybridized carbons (Fsp3) is 0.533. The summed E-state index contributed by atoms with van der Waals surface area (Å²) in [7, 11) is 0. The molecule has 2 aliphatic carbocycles. The van der Waals surface area contributed by atoms with Gasteiger partial charge >= 0.3 is 0 Å². The molecule has 1 aromatic carbocycles. The van der Waals surface area contributed by atoms with Gasteiger partial charge in [0.1, 0.15) is 6.29 Å². The zero-order valence-electron chi connectivity index (χ0n) is 10.0. The van der Waals surface area contributed by atoms with Crippen molar-refractivity contribution >= 4 is 6.29 Å². The van der Waals surface area contributed by atoms with Crippen LogP contribution in [-0.2, 0) is 10.8 Å². The first-order chi connectivity index (χ1) is 7.57. The quantitative estimate of drug-likeness (QED) is 0.702. The summed E-state index contributed by atoms with van der Waals surface area (Å²) >= 11 is 0. The summed E-state index contributed by atoms with van der Waals surface area (Å²) in [5.74, 6) is 0. The van der Waals surface area contributed by atoms with Crippen molar-refractivity contribution in [3.63, 3.8) is 0 Å². The van der Waals surface area contributed by atoms with Gasteiger partial charge < -0.3 is 0 Å². The Balaban J connectivity index is 2.05. The smallest absolute Gasteiger partial charge is 0.150 e. The fourth-order valence-electron chi connectivity index (χ4n) is 2.52. The molecule has 0 N–H and O–H groups in total. The summed E-state index contributed by atoms with van der Waals surface area (Å²) < 4.78 is 0. The third-order valence-corrected chi connectivity index (χ3v) is 4.53. The van der Waals surface area contributed by atoms with E-state index in [-0.39, 0.29) is 0 Å². The zero-order chi connectivity index (χ0) is 11.4. The molecule has 0 amide bonds. The van der Waals surface area contributed by atoms with Gasteiger partial charge in [0, 0.05) is 5.56 Å². The number of benzene rings is 1. The van der Waals surface area contributed by atoms with E-state index < -0.39 is 0 Å². The van der Waals surface area contributed by atoms with Crippen LogP contribution >= 0.6 is 0 Å². The van der Waals surface area contributed by atoms with Crippen LogP contribution in [0, 0.1) is 0 Å². The maximum absolute atomic E-state index is 11.2. The SMILES string of the molecule is CC1(c2ccc(C3(C)CC3)c(C=O)c2)CC1. The van der Waals surface area contributed by atoms with E-state index in [4.69, 9.17) is 0 Å². The molecule has 0 bridgehead atoms. The van der Waals surface area contributed by atoms with E-state index >= 15 is 0 Å². The van der Waals surface area contributed by atoms with Crippen molar-refractivity contribution in [1.82, 2.24) is 0 Å². The largest absolute Gasteiger partial charge is 0.298 e. The Morgan fingerprint density at radius 1 is 1.06 bits per heavy atom. The highest BCUT2D eigenvalue weighted by Crippen LogP contribution is 2.51. The Morgan fingerprint density at radius 2 is 1.69 bits per heavy atom. The molecule has 2 saturated carbocycles. The Labute approximate surface area is 96.9 Å². The van der Waals surface area contributed by atoms with Crippen molar-refractivity contribution in [3.05, 3.63) is 34.9 Å². The number of hydrogen-bond acceptors (Lipinski definition) is 1. The Bertz CT molecular complexity index is 451. The minimum Gasteiger partial charge on any atom is -0.298 e. The van der Waals surface area contributed by atoms with Crippen LogP contribution in [0.3, 0.4) is 0 Å². The van der Waals surface area contributed by atoms with Gasteiger partial charge in [0.25, 0.3) is 0 Å². The number of carbonyl (C=O) groups excluding carboxylic acids is 1. The van der Waals surface area contributed by atoms with Crippen LogP contribution in [0.15, 0.2) is 18.2 Å². The number of carbonyl (C=O) groups is 1. The first-order valence-corrected chi connectivity index (χ1v) is 6.18. The van der Waals surface area contributed by atoms with E-state index in [1.54, 1.807) is 0 Å². The summed E-state index contributed by atoms with van der Waals surface area (Å²) in [5, 5.41) is 0. The number of aldehydes is 1. The van der Waals surface area contributed by atoms with E-state index in [1.807, 2.05) is 0 Å². The highest BCUT2D eigenvalue weighted by atomic mass is 16.1. The van der Waals surface area contributed by atoms with Crippen LogP contribution in [0.2, 0.25) is 0 Å². The fourth-order valence-corrected chi connectivity index (χ4v) is 2.52. The highest BCUT2D eigenvalue weighted by Gasteiger charge is 2.42. The lowest BCUT2D eigenvalue weighted by molar-refractivity contribution is 0.112. The maximum atomic E-state index is 11.2. The van der Waals surface area contributed by atoms with Crippen molar-refractivity contribution in [1.29, 1.82) is 0 Å². The average Bonchev–Trinajstić information content (AvgIpc) is 3.19. The summed E-state index contributed by atoms with van der Waals surface area (Å²) in [6, 6.07) is 6.55. The predicted molar refractivity (Wildman–Crippen MR) is 65.0 cm³/mol. The van der Waals surface area contributed by atoms with Gasteiger partial charge in [-0.1, -0.05) is 26.0 Å². The molecule has 1 nitrogen and oxygen atoms in total. The van der Waals surface area contributed by atoms with Crippen LogP contribution in [0.5, 0.6) is 0 Å². The van der Waals surface area contributed by atoms with Crippen LogP contribution < -0.4 is 0 Å². The van der Waals surface area contributed by atoms with Gasteiger partial charge in [0.15, 0.2) is 0 Å². The standard InChI is InChI=1S/C15H18O/c1-14(5-6-14)12-3-4-13(11(9-12)10-16)15(2)7-8-15/h3-4,9-10H,5-8H2,1-2H3. The topological polar surface area (TPSA) is 17.1 Å². The molecular weight excluding hydrogens is 196 g/mol. The summed E-state index contributed by atoms with van der Waals surface area (Å²) in [5.41, 5.74) is 4.18. The second-order valence-electron chi connectivity index (χ2n) is 6.04. The molecule has 0 radical (unpaired) electrons. The van der Waals surface area contributed by atoms with Crippen LogP contribution in [0.25, 0.3) is 0 Å². The second-order valence-corrected chi connectivity index (χ2v) is 6.04. The molecule has 0 spiro atoms. The Hall–Kier alpha value is -1.11. The molecule has 0 heterocycles. The molecule has 84 valence electrons. The Kier molecular flexibility index (Phi) is 1.87. The van der Waals surface area contributed by atoms with E-state index in [9.17, 15) is 4.79 Å². The first kappa shape index (κ1) is 10.1. The van der Waals surface area contributed by atoms with Crippen molar-refractivity contribution < 1.29 is 4.79 Å². The normalized spacial score (nSPS) is 23.9. The van der Waals surface area contributed by atoms with Gasteiger partial charge in [-0.2, -0.15) is 0 Å². The Morgan fingerprint density at radius 3 is 2.19 bits per heavy atom. The lowest BCUT2D eigenvalue weighted by atomic mass is 9.88. The molecule has 0 unspecified atom stereocenters. The van der Waals surface area contributed by atoms with Gasteiger partial charge in [0.2, 0.25) is 0 Å². The molecule has 0 saturated heterocycles. The molecule has 1 aromatic rings. The first-order valence-electron chi connectivity index (χ1n) is 6.18. The van der Waals surface area contributed by atoms with Gasteiger partial charge in [-0.25, -0.2) is 0 Å². The third kappa shape index (κ3) is 1.41. The van der Waals surface area contributed by atoms with E-state index in [0.717, 1.165) is 11.8 Å². The minimum atomic E-state index is 0.291. The zero-order valence-corrected chi connectivity index (χ0v) is 10.0. The van der Waals surface area contributed by atoms with Gasteiger partial charge in [0.05, 0.1) is 0 Å². The molecular formula is C15H18O. The lowest BCUT2D eigenvalue weighted by Gasteiger charge is -2.16.